The van der Waals surface area contributed by atoms with Gasteiger partial charge in [0.2, 0.25) is 0 Å². The van der Waals surface area contributed by atoms with E-state index in [4.69, 9.17) is 13.9 Å². The van der Waals surface area contributed by atoms with Crippen molar-refractivity contribution in [3.05, 3.63) is 53.9 Å². The molecule has 35 heavy (non-hydrogen) atoms. The maximum Gasteiger partial charge on any atom is 0.412 e. The van der Waals surface area contributed by atoms with Crippen molar-refractivity contribution in [2.45, 2.75) is 33.3 Å². The number of hydrogen-bond donors (Lipinski definition) is 2. The van der Waals surface area contributed by atoms with Gasteiger partial charge in [-0.15, -0.1) is 0 Å². The molecule has 2 N–H and O–H groups in total. The predicted molar refractivity (Wildman–Crippen MR) is 132 cm³/mol. The molecule has 10 heteroatoms. The average Bonchev–Trinajstić information content (AvgIpc) is 3.40. The van der Waals surface area contributed by atoms with E-state index in [0.29, 0.717) is 50.9 Å². The smallest absolute Gasteiger partial charge is 0.412 e. The number of hydrogen-bond acceptors (Lipinski definition) is 7. The summed E-state index contributed by atoms with van der Waals surface area (Å²) in [6.45, 7) is 7.14. The number of fused-ring (bicyclic) bond motifs is 1. The SMILES string of the molecule is COc1ccc(NC(=O)c2cc(-c3ccco3)nc3c2c(C)nn3C)cc1NC(=O)OC(C)(C)C. The first-order valence-electron chi connectivity index (χ1n) is 10.9. The molecule has 0 spiro atoms. The van der Waals surface area contributed by atoms with Crippen LogP contribution in [-0.4, -0.2) is 39.5 Å². The van der Waals surface area contributed by atoms with Crippen molar-refractivity contribution < 1.29 is 23.5 Å². The summed E-state index contributed by atoms with van der Waals surface area (Å²) in [6.07, 6.45) is 0.913. The van der Waals surface area contributed by atoms with Crippen LogP contribution in [0.5, 0.6) is 5.75 Å². The number of nitrogens with one attached hydrogen (secondary N) is 2. The zero-order valence-corrected chi connectivity index (χ0v) is 20.4. The van der Waals surface area contributed by atoms with Gasteiger partial charge in [0.1, 0.15) is 17.0 Å². The fraction of sp³-hybridized carbons (Fsp3) is 0.280. The molecule has 0 fully saturated rings. The lowest BCUT2D eigenvalue weighted by Gasteiger charge is -2.20. The molecule has 4 rings (SSSR count). The second-order valence-corrected chi connectivity index (χ2v) is 8.94. The molecular weight excluding hydrogens is 450 g/mol. The van der Waals surface area contributed by atoms with E-state index in [0.717, 1.165) is 0 Å². The van der Waals surface area contributed by atoms with Gasteiger partial charge in [-0.2, -0.15) is 5.10 Å². The van der Waals surface area contributed by atoms with Crippen LogP contribution in [0.3, 0.4) is 0 Å². The molecule has 0 aliphatic rings. The quantitative estimate of drug-likeness (QED) is 0.408. The van der Waals surface area contributed by atoms with Crippen LogP contribution < -0.4 is 15.4 Å². The number of methoxy groups -OCH3 is 1. The number of aryl methyl sites for hydroxylation is 2. The molecule has 4 aromatic rings. The number of pyridine rings is 1. The molecule has 2 amide bonds. The maximum atomic E-state index is 13.4. The summed E-state index contributed by atoms with van der Waals surface area (Å²) in [5.74, 6) is 0.589. The number of nitrogens with zero attached hydrogens (tertiary/aromatic N) is 3. The number of benzene rings is 1. The number of carbonyl (C=O) groups is 2. The highest BCUT2D eigenvalue weighted by molar-refractivity contribution is 6.13. The molecule has 0 unspecified atom stereocenters. The molecule has 0 radical (unpaired) electrons. The first-order chi connectivity index (χ1) is 16.6. The van der Waals surface area contributed by atoms with Crippen LogP contribution in [0.4, 0.5) is 16.2 Å². The van der Waals surface area contributed by atoms with Crippen molar-refractivity contribution in [2.24, 2.45) is 7.05 Å². The van der Waals surface area contributed by atoms with E-state index in [1.54, 1.807) is 75.2 Å². The average molecular weight is 478 g/mol. The predicted octanol–water partition coefficient (Wildman–Crippen LogP) is 5.14. The minimum Gasteiger partial charge on any atom is -0.495 e. The van der Waals surface area contributed by atoms with E-state index >= 15 is 0 Å². The van der Waals surface area contributed by atoms with Crippen LogP contribution in [0.2, 0.25) is 0 Å². The van der Waals surface area contributed by atoms with E-state index in [1.165, 1.54) is 7.11 Å². The number of rotatable bonds is 5. The summed E-state index contributed by atoms with van der Waals surface area (Å²) in [5, 5.41) is 10.6. The fourth-order valence-corrected chi connectivity index (χ4v) is 3.67. The third-order valence-electron chi connectivity index (χ3n) is 5.08. The molecule has 3 aromatic heterocycles. The van der Waals surface area contributed by atoms with Crippen molar-refractivity contribution in [3.8, 4) is 17.2 Å². The van der Waals surface area contributed by atoms with Crippen molar-refractivity contribution >= 4 is 34.4 Å². The maximum absolute atomic E-state index is 13.4. The van der Waals surface area contributed by atoms with Crippen molar-refractivity contribution in [3.63, 3.8) is 0 Å². The summed E-state index contributed by atoms with van der Waals surface area (Å²) in [4.78, 5) is 30.4. The fourth-order valence-electron chi connectivity index (χ4n) is 3.67. The number of ether oxygens (including phenoxy) is 2. The Kier molecular flexibility index (Phi) is 6.21. The van der Waals surface area contributed by atoms with E-state index in [1.807, 2.05) is 6.92 Å². The monoisotopic (exact) mass is 477 g/mol. The van der Waals surface area contributed by atoms with Gasteiger partial charge in [0.25, 0.3) is 5.91 Å². The normalized spacial score (nSPS) is 11.4. The number of anilines is 2. The van der Waals surface area contributed by atoms with E-state index in [-0.39, 0.29) is 5.91 Å². The molecule has 0 aliphatic carbocycles. The minimum atomic E-state index is -0.664. The molecule has 1 aromatic carbocycles. The van der Waals surface area contributed by atoms with Gasteiger partial charge >= 0.3 is 6.09 Å². The second-order valence-electron chi connectivity index (χ2n) is 8.94. The lowest BCUT2D eigenvalue weighted by molar-refractivity contribution is 0.0635. The first-order valence-corrected chi connectivity index (χ1v) is 10.9. The molecule has 0 aliphatic heterocycles. The summed E-state index contributed by atoms with van der Waals surface area (Å²) in [7, 11) is 3.26. The molecule has 182 valence electrons. The zero-order chi connectivity index (χ0) is 25.3. The Morgan fingerprint density at radius 2 is 1.89 bits per heavy atom. The molecule has 3 heterocycles. The Bertz CT molecular complexity index is 1400. The lowest BCUT2D eigenvalue weighted by atomic mass is 10.1. The Labute approximate surface area is 202 Å². The third-order valence-corrected chi connectivity index (χ3v) is 5.08. The standard InChI is InChI=1S/C25H27N5O5/c1-14-21-16(13-18(20-8-7-11-34-20)27-22(21)30(5)29-14)23(31)26-15-9-10-19(33-6)17(12-15)28-24(32)35-25(2,3)4/h7-13H,1-6H3,(H,26,31)(H,28,32). The van der Waals surface area contributed by atoms with Gasteiger partial charge in [-0.05, 0) is 64.1 Å². The molecule has 0 bridgehead atoms. The number of carbonyl (C=O) groups excluding carboxylic acids is 2. The second kappa shape index (κ2) is 9.13. The highest BCUT2D eigenvalue weighted by Gasteiger charge is 2.21. The van der Waals surface area contributed by atoms with Gasteiger partial charge in [0.05, 0.1) is 35.7 Å². The Balaban J connectivity index is 1.68. The lowest BCUT2D eigenvalue weighted by Crippen LogP contribution is -2.27. The van der Waals surface area contributed by atoms with Gasteiger partial charge in [0, 0.05) is 12.7 Å². The van der Waals surface area contributed by atoms with E-state index < -0.39 is 11.7 Å². The largest absolute Gasteiger partial charge is 0.495 e. The van der Waals surface area contributed by atoms with Gasteiger partial charge in [0.15, 0.2) is 11.4 Å². The van der Waals surface area contributed by atoms with Crippen LogP contribution in [0, 0.1) is 6.92 Å². The van der Waals surface area contributed by atoms with Gasteiger partial charge in [-0.3, -0.25) is 14.8 Å². The van der Waals surface area contributed by atoms with Crippen molar-refractivity contribution in [1.82, 2.24) is 14.8 Å². The van der Waals surface area contributed by atoms with Gasteiger partial charge in [-0.1, -0.05) is 0 Å². The summed E-state index contributed by atoms with van der Waals surface area (Å²) < 4.78 is 17.8. The summed E-state index contributed by atoms with van der Waals surface area (Å²) >= 11 is 0. The van der Waals surface area contributed by atoms with E-state index in [9.17, 15) is 9.59 Å². The summed E-state index contributed by atoms with van der Waals surface area (Å²) in [6, 6.07) is 10.1. The van der Waals surface area contributed by atoms with Crippen LogP contribution in [0.1, 0.15) is 36.8 Å². The van der Waals surface area contributed by atoms with Gasteiger partial charge in [-0.25, -0.2) is 9.78 Å². The van der Waals surface area contributed by atoms with Crippen LogP contribution in [0.25, 0.3) is 22.5 Å². The molecule has 0 saturated carbocycles. The molecule has 0 saturated heterocycles. The van der Waals surface area contributed by atoms with Crippen molar-refractivity contribution in [2.75, 3.05) is 17.7 Å². The molecule has 0 atom stereocenters. The number of aromatic nitrogens is 3. The Hall–Kier alpha value is -4.34. The van der Waals surface area contributed by atoms with Crippen LogP contribution in [-0.2, 0) is 11.8 Å². The van der Waals surface area contributed by atoms with Crippen molar-refractivity contribution in [1.29, 1.82) is 0 Å². The van der Waals surface area contributed by atoms with Crippen LogP contribution in [0.15, 0.2) is 47.1 Å². The van der Waals surface area contributed by atoms with E-state index in [2.05, 4.69) is 20.7 Å². The molecular formula is C25H27N5O5. The van der Waals surface area contributed by atoms with Gasteiger partial charge < -0.3 is 19.2 Å². The van der Waals surface area contributed by atoms with Crippen LogP contribution >= 0.6 is 0 Å². The Morgan fingerprint density at radius 3 is 2.54 bits per heavy atom. The third kappa shape index (κ3) is 5.11. The summed E-state index contributed by atoms with van der Waals surface area (Å²) in [5.41, 5.74) is 2.28. The topological polar surface area (TPSA) is 121 Å². The molecule has 10 nitrogen and oxygen atoms in total. The minimum absolute atomic E-state index is 0.355. The number of amides is 2. The highest BCUT2D eigenvalue weighted by Crippen LogP contribution is 2.31. The zero-order valence-electron chi connectivity index (χ0n) is 20.4. The Morgan fingerprint density at radius 1 is 1.11 bits per heavy atom. The highest BCUT2D eigenvalue weighted by atomic mass is 16.6. The number of furan rings is 1. The first kappa shape index (κ1) is 23.8.